The SMILES string of the molecule is CCCCCCCCCCCCCCOc1cc(OC)cc(C(=O)Nc2cccc(CO)c2)c1. The monoisotopic (exact) mass is 469 g/mol. The molecule has 1 amide bonds. The second-order valence-electron chi connectivity index (χ2n) is 8.95. The molecule has 0 aromatic heterocycles. The molecule has 0 unspecified atom stereocenters. The summed E-state index contributed by atoms with van der Waals surface area (Å²) in [4.78, 5) is 12.7. The minimum absolute atomic E-state index is 0.0695. The highest BCUT2D eigenvalue weighted by atomic mass is 16.5. The van der Waals surface area contributed by atoms with E-state index in [0.717, 1.165) is 18.4 Å². The van der Waals surface area contributed by atoms with E-state index < -0.39 is 0 Å². The van der Waals surface area contributed by atoms with E-state index in [1.165, 1.54) is 64.2 Å². The van der Waals surface area contributed by atoms with Gasteiger partial charge in [0.15, 0.2) is 0 Å². The number of rotatable bonds is 18. The molecule has 5 heteroatoms. The number of unbranched alkanes of at least 4 members (excludes halogenated alkanes) is 11. The molecule has 0 aliphatic heterocycles. The Bertz CT molecular complexity index is 837. The van der Waals surface area contributed by atoms with E-state index >= 15 is 0 Å². The van der Waals surface area contributed by atoms with E-state index in [1.54, 1.807) is 37.4 Å². The van der Waals surface area contributed by atoms with Gasteiger partial charge in [-0.15, -0.1) is 0 Å². The molecular weight excluding hydrogens is 426 g/mol. The Morgan fingerprint density at radius 3 is 2.06 bits per heavy atom. The number of aliphatic hydroxyl groups is 1. The van der Waals surface area contributed by atoms with Crippen LogP contribution in [0, 0.1) is 0 Å². The molecule has 0 bridgehead atoms. The number of aliphatic hydroxyl groups excluding tert-OH is 1. The predicted molar refractivity (Wildman–Crippen MR) is 140 cm³/mol. The summed E-state index contributed by atoms with van der Waals surface area (Å²) in [6.07, 6.45) is 15.7. The molecule has 0 spiro atoms. The molecule has 2 rings (SSSR count). The van der Waals surface area contributed by atoms with Crippen LogP contribution in [0.2, 0.25) is 0 Å². The van der Waals surface area contributed by atoms with Crippen molar-refractivity contribution in [2.75, 3.05) is 19.0 Å². The maximum Gasteiger partial charge on any atom is 0.255 e. The van der Waals surface area contributed by atoms with Crippen molar-refractivity contribution < 1.29 is 19.4 Å². The molecule has 0 heterocycles. The standard InChI is InChI=1S/C29H43NO4/c1-3-4-5-6-7-8-9-10-11-12-13-14-18-34-28-21-25(20-27(22-28)33-2)29(32)30-26-17-15-16-24(19-26)23-31/h15-17,19-22,31H,3-14,18,23H2,1-2H3,(H,30,32). The number of carbonyl (C=O) groups excluding carboxylic acids is 1. The fourth-order valence-electron chi connectivity index (χ4n) is 3.99. The lowest BCUT2D eigenvalue weighted by atomic mass is 10.1. The summed E-state index contributed by atoms with van der Waals surface area (Å²) in [6, 6.07) is 12.4. The summed E-state index contributed by atoms with van der Waals surface area (Å²) in [7, 11) is 1.58. The molecule has 0 fully saturated rings. The Hall–Kier alpha value is -2.53. The van der Waals surface area contributed by atoms with Crippen molar-refractivity contribution in [1.82, 2.24) is 0 Å². The second kappa shape index (κ2) is 17.0. The molecule has 34 heavy (non-hydrogen) atoms. The van der Waals surface area contributed by atoms with Crippen LogP contribution < -0.4 is 14.8 Å². The molecular formula is C29H43NO4. The number of anilines is 1. The van der Waals surface area contributed by atoms with E-state index in [-0.39, 0.29) is 12.5 Å². The number of amides is 1. The first kappa shape index (κ1) is 27.7. The highest BCUT2D eigenvalue weighted by molar-refractivity contribution is 6.04. The molecule has 0 aliphatic carbocycles. The van der Waals surface area contributed by atoms with Gasteiger partial charge in [-0.05, 0) is 36.2 Å². The van der Waals surface area contributed by atoms with Gasteiger partial charge in [0.1, 0.15) is 11.5 Å². The van der Waals surface area contributed by atoms with E-state index in [9.17, 15) is 9.90 Å². The van der Waals surface area contributed by atoms with E-state index in [0.29, 0.717) is 29.4 Å². The quantitative estimate of drug-likeness (QED) is 0.222. The highest BCUT2D eigenvalue weighted by Gasteiger charge is 2.11. The van der Waals surface area contributed by atoms with Gasteiger partial charge in [0, 0.05) is 17.3 Å². The minimum atomic E-state index is -0.246. The molecule has 0 atom stereocenters. The molecule has 188 valence electrons. The van der Waals surface area contributed by atoms with Crippen LogP contribution in [-0.2, 0) is 6.61 Å². The van der Waals surface area contributed by atoms with E-state index in [1.807, 2.05) is 12.1 Å². The van der Waals surface area contributed by atoms with Gasteiger partial charge in [-0.25, -0.2) is 0 Å². The molecule has 2 aromatic carbocycles. The third-order valence-corrected chi connectivity index (χ3v) is 6.01. The molecule has 0 saturated heterocycles. The van der Waals surface area contributed by atoms with Crippen LogP contribution in [0.25, 0.3) is 0 Å². The third kappa shape index (κ3) is 11.1. The number of ether oxygens (including phenoxy) is 2. The maximum atomic E-state index is 12.7. The second-order valence-corrected chi connectivity index (χ2v) is 8.95. The molecule has 0 radical (unpaired) electrons. The summed E-state index contributed by atoms with van der Waals surface area (Å²) in [5.74, 6) is 0.974. The zero-order valence-electron chi connectivity index (χ0n) is 21.1. The van der Waals surface area contributed by atoms with Crippen LogP contribution >= 0.6 is 0 Å². The normalized spacial score (nSPS) is 10.8. The minimum Gasteiger partial charge on any atom is -0.497 e. The topological polar surface area (TPSA) is 67.8 Å². The van der Waals surface area contributed by atoms with E-state index in [2.05, 4.69) is 12.2 Å². The summed E-state index contributed by atoms with van der Waals surface area (Å²) >= 11 is 0. The Kier molecular flexibility index (Phi) is 13.8. The van der Waals surface area contributed by atoms with Gasteiger partial charge in [-0.3, -0.25) is 4.79 Å². The van der Waals surface area contributed by atoms with Gasteiger partial charge in [-0.2, -0.15) is 0 Å². The van der Waals surface area contributed by atoms with Gasteiger partial charge in [-0.1, -0.05) is 89.7 Å². The van der Waals surface area contributed by atoms with Crippen LogP contribution in [0.15, 0.2) is 42.5 Å². The molecule has 0 saturated carbocycles. The first-order valence-corrected chi connectivity index (χ1v) is 13.0. The Balaban J connectivity index is 1.68. The lowest BCUT2D eigenvalue weighted by molar-refractivity contribution is 0.102. The average molecular weight is 470 g/mol. The molecule has 2 aromatic rings. The van der Waals surface area contributed by atoms with Gasteiger partial charge in [0.05, 0.1) is 20.3 Å². The van der Waals surface area contributed by atoms with Crippen molar-refractivity contribution in [2.45, 2.75) is 90.6 Å². The lowest BCUT2D eigenvalue weighted by Crippen LogP contribution is -2.12. The highest BCUT2D eigenvalue weighted by Crippen LogP contribution is 2.24. The molecule has 2 N–H and O–H groups in total. The first-order chi connectivity index (χ1) is 16.7. The first-order valence-electron chi connectivity index (χ1n) is 13.0. The maximum absolute atomic E-state index is 12.7. The van der Waals surface area contributed by atoms with Crippen molar-refractivity contribution in [2.24, 2.45) is 0 Å². The van der Waals surface area contributed by atoms with Gasteiger partial charge in [0.25, 0.3) is 5.91 Å². The van der Waals surface area contributed by atoms with Crippen molar-refractivity contribution in [1.29, 1.82) is 0 Å². The van der Waals surface area contributed by atoms with Crippen LogP contribution in [-0.4, -0.2) is 24.7 Å². The number of benzene rings is 2. The fraction of sp³-hybridized carbons (Fsp3) is 0.552. The van der Waals surface area contributed by atoms with Crippen molar-refractivity contribution in [3.05, 3.63) is 53.6 Å². The molecule has 5 nitrogen and oxygen atoms in total. The van der Waals surface area contributed by atoms with Crippen molar-refractivity contribution in [3.63, 3.8) is 0 Å². The molecule has 0 aliphatic rings. The Morgan fingerprint density at radius 2 is 1.44 bits per heavy atom. The van der Waals surface area contributed by atoms with Crippen LogP contribution in [0.1, 0.15) is 99.9 Å². The third-order valence-electron chi connectivity index (χ3n) is 6.01. The summed E-state index contributed by atoms with van der Waals surface area (Å²) in [5.41, 5.74) is 1.85. The summed E-state index contributed by atoms with van der Waals surface area (Å²) in [5, 5.41) is 12.2. The zero-order chi connectivity index (χ0) is 24.4. The number of hydrogen-bond acceptors (Lipinski definition) is 4. The van der Waals surface area contributed by atoms with Crippen molar-refractivity contribution >= 4 is 11.6 Å². The summed E-state index contributed by atoms with van der Waals surface area (Å²) < 4.78 is 11.3. The number of hydrogen-bond donors (Lipinski definition) is 2. The summed E-state index contributed by atoms with van der Waals surface area (Å²) in [6.45, 7) is 2.82. The smallest absolute Gasteiger partial charge is 0.255 e. The number of nitrogens with one attached hydrogen (secondary N) is 1. The Morgan fingerprint density at radius 1 is 0.824 bits per heavy atom. The van der Waals surface area contributed by atoms with Gasteiger partial charge >= 0.3 is 0 Å². The van der Waals surface area contributed by atoms with Gasteiger partial charge < -0.3 is 19.9 Å². The van der Waals surface area contributed by atoms with Crippen LogP contribution in [0.5, 0.6) is 11.5 Å². The zero-order valence-corrected chi connectivity index (χ0v) is 21.1. The number of carbonyl (C=O) groups is 1. The Labute approximate surface area is 205 Å². The predicted octanol–water partition coefficient (Wildman–Crippen LogP) is 7.52. The largest absolute Gasteiger partial charge is 0.497 e. The van der Waals surface area contributed by atoms with Gasteiger partial charge in [0.2, 0.25) is 0 Å². The average Bonchev–Trinajstić information content (AvgIpc) is 2.86. The lowest BCUT2D eigenvalue weighted by Gasteiger charge is -2.12. The van der Waals surface area contributed by atoms with Crippen molar-refractivity contribution in [3.8, 4) is 11.5 Å². The van der Waals surface area contributed by atoms with Crippen LogP contribution in [0.4, 0.5) is 5.69 Å². The number of methoxy groups -OCH3 is 1. The fourth-order valence-corrected chi connectivity index (χ4v) is 3.99. The van der Waals surface area contributed by atoms with Crippen LogP contribution in [0.3, 0.4) is 0 Å². The van der Waals surface area contributed by atoms with E-state index in [4.69, 9.17) is 9.47 Å².